The maximum absolute atomic E-state index is 12.6. The van der Waals surface area contributed by atoms with Crippen LogP contribution >= 0.6 is 0 Å². The minimum Gasteiger partial charge on any atom is -0.351 e. The fraction of sp³-hybridized carbons (Fsp3) is 0.471. The predicted octanol–water partition coefficient (Wildman–Crippen LogP) is 2.16. The highest BCUT2D eigenvalue weighted by molar-refractivity contribution is 5.99. The van der Waals surface area contributed by atoms with Gasteiger partial charge in [0.25, 0.3) is 11.8 Å². The average molecular weight is 314 g/mol. The third kappa shape index (κ3) is 3.59. The molecule has 3 rings (SSSR count). The van der Waals surface area contributed by atoms with Crippen molar-refractivity contribution in [1.82, 2.24) is 20.8 Å². The molecule has 0 atom stereocenters. The lowest BCUT2D eigenvalue weighted by molar-refractivity contribution is 0.0922. The Labute approximate surface area is 135 Å². The first-order chi connectivity index (χ1) is 11.1. The fourth-order valence-electron chi connectivity index (χ4n) is 2.87. The number of piperidine rings is 1. The maximum Gasteiger partial charge on any atom is 0.258 e. The van der Waals surface area contributed by atoms with Crippen LogP contribution in [0.5, 0.6) is 0 Å². The van der Waals surface area contributed by atoms with Crippen LogP contribution < -0.4 is 10.6 Å². The van der Waals surface area contributed by atoms with Crippen molar-refractivity contribution in [2.75, 3.05) is 19.6 Å². The molecule has 0 aliphatic carbocycles. The molecule has 6 nitrogen and oxygen atoms in total. The number of aryl methyl sites for hydroxylation is 1. The molecule has 6 heteroatoms. The maximum atomic E-state index is 12.6. The Morgan fingerprint density at radius 2 is 2.09 bits per heavy atom. The first kappa shape index (κ1) is 15.7. The second-order valence-corrected chi connectivity index (χ2v) is 6.44. The average Bonchev–Trinajstić information content (AvgIpc) is 3.00. The summed E-state index contributed by atoms with van der Waals surface area (Å²) in [6, 6.07) is 7.32. The van der Waals surface area contributed by atoms with Crippen LogP contribution in [0.1, 0.15) is 35.9 Å². The van der Waals surface area contributed by atoms with Crippen LogP contribution in [0, 0.1) is 12.3 Å². The van der Waals surface area contributed by atoms with Gasteiger partial charge in [0.1, 0.15) is 0 Å². The summed E-state index contributed by atoms with van der Waals surface area (Å²) < 4.78 is 5.21. The van der Waals surface area contributed by atoms with E-state index in [0.717, 1.165) is 25.9 Å². The molecule has 1 aliphatic heterocycles. The van der Waals surface area contributed by atoms with E-state index in [0.29, 0.717) is 29.4 Å². The molecule has 2 N–H and O–H groups in total. The summed E-state index contributed by atoms with van der Waals surface area (Å²) in [7, 11) is 0. The minimum atomic E-state index is -0.101. The van der Waals surface area contributed by atoms with Crippen molar-refractivity contribution in [2.24, 2.45) is 5.41 Å². The number of carbonyl (C=O) groups is 1. The zero-order chi connectivity index (χ0) is 16.3. The Morgan fingerprint density at radius 1 is 1.35 bits per heavy atom. The zero-order valence-electron chi connectivity index (χ0n) is 13.6. The van der Waals surface area contributed by atoms with Crippen molar-refractivity contribution in [3.63, 3.8) is 0 Å². The minimum absolute atomic E-state index is 0.101. The molecule has 1 aromatic heterocycles. The normalized spacial score (nSPS) is 17.0. The van der Waals surface area contributed by atoms with E-state index in [1.807, 2.05) is 18.2 Å². The SMILES string of the molecule is Cc1noc(-c2ccccc2C(=O)NCC2(C)CCNCC2)n1. The van der Waals surface area contributed by atoms with Crippen LogP contribution in [0.3, 0.4) is 0 Å². The standard InChI is InChI=1S/C17H22N4O2/c1-12-20-16(23-21-12)14-6-4-3-5-13(14)15(22)19-11-17(2)7-9-18-10-8-17/h3-6,18H,7-11H2,1-2H3,(H,19,22). The number of nitrogens with one attached hydrogen (secondary N) is 2. The molecule has 23 heavy (non-hydrogen) atoms. The largest absolute Gasteiger partial charge is 0.351 e. The molecule has 0 bridgehead atoms. The van der Waals surface area contributed by atoms with Gasteiger partial charge >= 0.3 is 0 Å². The smallest absolute Gasteiger partial charge is 0.258 e. The highest BCUT2D eigenvalue weighted by Gasteiger charge is 2.27. The Bertz CT molecular complexity index is 689. The van der Waals surface area contributed by atoms with Gasteiger partial charge in [-0.25, -0.2) is 0 Å². The zero-order valence-corrected chi connectivity index (χ0v) is 13.6. The molecule has 1 aromatic carbocycles. The van der Waals surface area contributed by atoms with E-state index >= 15 is 0 Å². The molecule has 0 unspecified atom stereocenters. The number of rotatable bonds is 4. The molecule has 1 aliphatic rings. The van der Waals surface area contributed by atoms with Crippen LogP contribution in [0.4, 0.5) is 0 Å². The second kappa shape index (κ2) is 6.50. The van der Waals surface area contributed by atoms with Crippen molar-refractivity contribution < 1.29 is 9.32 Å². The number of nitrogens with zero attached hydrogens (tertiary/aromatic N) is 2. The Hall–Kier alpha value is -2.21. The van der Waals surface area contributed by atoms with Crippen LogP contribution in [0.15, 0.2) is 28.8 Å². The van der Waals surface area contributed by atoms with Gasteiger partial charge in [-0.2, -0.15) is 4.98 Å². The van der Waals surface area contributed by atoms with Gasteiger partial charge in [0.2, 0.25) is 0 Å². The van der Waals surface area contributed by atoms with Crippen molar-refractivity contribution in [1.29, 1.82) is 0 Å². The molecule has 1 amide bonds. The summed E-state index contributed by atoms with van der Waals surface area (Å²) >= 11 is 0. The lowest BCUT2D eigenvalue weighted by Crippen LogP contribution is -2.43. The molecule has 2 aromatic rings. The van der Waals surface area contributed by atoms with Gasteiger partial charge in [0, 0.05) is 6.54 Å². The molecule has 0 saturated carbocycles. The lowest BCUT2D eigenvalue weighted by Gasteiger charge is -2.34. The molecule has 1 saturated heterocycles. The van der Waals surface area contributed by atoms with Crippen LogP contribution in [-0.4, -0.2) is 35.7 Å². The summed E-state index contributed by atoms with van der Waals surface area (Å²) in [5.41, 5.74) is 1.38. The van der Waals surface area contributed by atoms with Crippen molar-refractivity contribution in [3.05, 3.63) is 35.7 Å². The van der Waals surface area contributed by atoms with E-state index in [1.54, 1.807) is 13.0 Å². The van der Waals surface area contributed by atoms with Gasteiger partial charge in [0.05, 0.1) is 11.1 Å². The second-order valence-electron chi connectivity index (χ2n) is 6.44. The topological polar surface area (TPSA) is 80.0 Å². The number of hydrogen-bond acceptors (Lipinski definition) is 5. The van der Waals surface area contributed by atoms with Crippen molar-refractivity contribution >= 4 is 5.91 Å². The number of benzene rings is 1. The van der Waals surface area contributed by atoms with Gasteiger partial charge in [-0.3, -0.25) is 4.79 Å². The van der Waals surface area contributed by atoms with Crippen LogP contribution in [0.25, 0.3) is 11.5 Å². The van der Waals surface area contributed by atoms with Gasteiger partial charge < -0.3 is 15.2 Å². The monoisotopic (exact) mass is 314 g/mol. The highest BCUT2D eigenvalue weighted by atomic mass is 16.5. The summed E-state index contributed by atoms with van der Waals surface area (Å²) in [4.78, 5) is 16.8. The molecule has 122 valence electrons. The number of amides is 1. The van der Waals surface area contributed by atoms with Crippen molar-refractivity contribution in [3.8, 4) is 11.5 Å². The molecule has 1 fully saturated rings. The highest BCUT2D eigenvalue weighted by Crippen LogP contribution is 2.27. The molecule has 2 heterocycles. The van der Waals surface area contributed by atoms with E-state index in [4.69, 9.17) is 4.52 Å². The third-order valence-corrected chi connectivity index (χ3v) is 4.42. The third-order valence-electron chi connectivity index (χ3n) is 4.42. The summed E-state index contributed by atoms with van der Waals surface area (Å²) in [5.74, 6) is 0.829. The molecular formula is C17H22N4O2. The number of aromatic nitrogens is 2. The Morgan fingerprint density at radius 3 is 2.78 bits per heavy atom. The predicted molar refractivity (Wildman–Crippen MR) is 87.0 cm³/mol. The van der Waals surface area contributed by atoms with Crippen molar-refractivity contribution in [2.45, 2.75) is 26.7 Å². The molecule has 0 spiro atoms. The van der Waals surface area contributed by atoms with E-state index in [2.05, 4.69) is 27.7 Å². The summed E-state index contributed by atoms with van der Waals surface area (Å²) in [6.45, 7) is 6.66. The Balaban J connectivity index is 1.75. The summed E-state index contributed by atoms with van der Waals surface area (Å²) in [6.07, 6.45) is 2.13. The van der Waals surface area contributed by atoms with E-state index in [9.17, 15) is 4.79 Å². The lowest BCUT2D eigenvalue weighted by atomic mass is 9.81. The van der Waals surface area contributed by atoms with E-state index < -0.39 is 0 Å². The van der Waals surface area contributed by atoms with E-state index in [-0.39, 0.29) is 11.3 Å². The number of hydrogen-bond donors (Lipinski definition) is 2. The van der Waals surface area contributed by atoms with Crippen LogP contribution in [0.2, 0.25) is 0 Å². The van der Waals surface area contributed by atoms with Gasteiger partial charge in [-0.1, -0.05) is 24.2 Å². The molecule has 0 radical (unpaired) electrons. The fourth-order valence-corrected chi connectivity index (χ4v) is 2.87. The van der Waals surface area contributed by atoms with E-state index in [1.165, 1.54) is 0 Å². The number of carbonyl (C=O) groups excluding carboxylic acids is 1. The van der Waals surface area contributed by atoms with Crippen LogP contribution in [-0.2, 0) is 0 Å². The van der Waals surface area contributed by atoms with Gasteiger partial charge in [0.15, 0.2) is 5.82 Å². The van der Waals surface area contributed by atoms with Gasteiger partial charge in [-0.15, -0.1) is 0 Å². The first-order valence-electron chi connectivity index (χ1n) is 7.96. The first-order valence-corrected chi connectivity index (χ1v) is 7.96. The molecular weight excluding hydrogens is 292 g/mol. The van der Waals surface area contributed by atoms with Gasteiger partial charge in [-0.05, 0) is 50.4 Å². The Kier molecular flexibility index (Phi) is 4.43. The summed E-state index contributed by atoms with van der Waals surface area (Å²) in [5, 5.41) is 10.2. The quantitative estimate of drug-likeness (QED) is 0.904.